The fourth-order valence-corrected chi connectivity index (χ4v) is 3.60. The van der Waals surface area contributed by atoms with Crippen LogP contribution in [0, 0.1) is 6.92 Å². The molecule has 0 bridgehead atoms. The number of halogens is 1. The lowest BCUT2D eigenvalue weighted by Crippen LogP contribution is -2.31. The first-order valence-corrected chi connectivity index (χ1v) is 8.53. The predicted octanol–water partition coefficient (Wildman–Crippen LogP) is 4.69. The van der Waals surface area contributed by atoms with Gasteiger partial charge in [-0.05, 0) is 53.0 Å². The molecule has 0 amide bonds. The van der Waals surface area contributed by atoms with Crippen molar-refractivity contribution in [3.8, 4) is 11.5 Å². The fraction of sp³-hybridized carbons (Fsp3) is 0.375. The highest BCUT2D eigenvalue weighted by Crippen LogP contribution is 2.36. The Morgan fingerprint density at radius 1 is 1.29 bits per heavy atom. The second-order valence-electron chi connectivity index (χ2n) is 4.93. The molecule has 0 saturated heterocycles. The maximum Gasteiger partial charge on any atom is 0.162 e. The number of nitrogens with two attached hydrogens (primary N) is 1. The van der Waals surface area contributed by atoms with E-state index >= 15 is 0 Å². The molecule has 3 nitrogen and oxygen atoms in total. The molecule has 21 heavy (non-hydrogen) atoms. The Kier molecular flexibility index (Phi) is 5.67. The minimum absolute atomic E-state index is 0.0680. The first kappa shape index (κ1) is 16.3. The van der Waals surface area contributed by atoms with Crippen molar-refractivity contribution in [2.24, 2.45) is 5.73 Å². The topological polar surface area (TPSA) is 44.5 Å². The third kappa shape index (κ3) is 3.99. The monoisotopic (exact) mass is 369 g/mol. The van der Waals surface area contributed by atoms with Gasteiger partial charge in [0.1, 0.15) is 6.10 Å². The molecule has 5 heteroatoms. The number of thiophene rings is 1. The van der Waals surface area contributed by atoms with E-state index in [1.165, 1.54) is 0 Å². The van der Waals surface area contributed by atoms with Crippen LogP contribution in [0.5, 0.6) is 11.5 Å². The van der Waals surface area contributed by atoms with Gasteiger partial charge in [0.05, 0.1) is 7.11 Å². The third-order valence-electron chi connectivity index (χ3n) is 3.30. The smallest absolute Gasteiger partial charge is 0.162 e. The molecule has 0 radical (unpaired) electrons. The first-order chi connectivity index (χ1) is 10.0. The van der Waals surface area contributed by atoms with Crippen LogP contribution in [0.1, 0.15) is 29.9 Å². The van der Waals surface area contributed by atoms with Crippen molar-refractivity contribution in [2.75, 3.05) is 7.11 Å². The van der Waals surface area contributed by atoms with Crippen LogP contribution in [0.3, 0.4) is 0 Å². The fourth-order valence-electron chi connectivity index (χ4n) is 2.06. The Bertz CT molecular complexity index is 600. The number of rotatable bonds is 6. The second kappa shape index (κ2) is 7.29. The molecule has 2 unspecified atom stereocenters. The van der Waals surface area contributed by atoms with Crippen molar-refractivity contribution in [1.29, 1.82) is 0 Å². The molecular formula is C16H20BrNO2S. The second-order valence-corrected chi connectivity index (χ2v) is 6.79. The zero-order valence-electron chi connectivity index (χ0n) is 12.4. The third-order valence-corrected chi connectivity index (χ3v) is 5.06. The number of methoxy groups -OCH3 is 1. The van der Waals surface area contributed by atoms with E-state index in [9.17, 15) is 0 Å². The van der Waals surface area contributed by atoms with Gasteiger partial charge in [-0.3, -0.25) is 0 Å². The van der Waals surface area contributed by atoms with Crippen molar-refractivity contribution < 1.29 is 9.47 Å². The van der Waals surface area contributed by atoms with Gasteiger partial charge in [-0.25, -0.2) is 0 Å². The molecular weight excluding hydrogens is 350 g/mol. The molecule has 0 aliphatic carbocycles. The van der Waals surface area contributed by atoms with Crippen molar-refractivity contribution in [3.63, 3.8) is 0 Å². The van der Waals surface area contributed by atoms with E-state index in [4.69, 9.17) is 15.2 Å². The van der Waals surface area contributed by atoms with Crippen LogP contribution >= 0.6 is 27.3 Å². The summed E-state index contributed by atoms with van der Waals surface area (Å²) in [5, 5.41) is 2.04. The SMILES string of the molecule is CCC(N)C(Oc1ccc(C)cc1OC)c1cc(Br)cs1. The van der Waals surface area contributed by atoms with Crippen LogP contribution in [0.15, 0.2) is 34.1 Å². The molecule has 1 heterocycles. The van der Waals surface area contributed by atoms with E-state index in [1.54, 1.807) is 18.4 Å². The van der Waals surface area contributed by atoms with Gasteiger partial charge in [-0.2, -0.15) is 0 Å². The highest BCUT2D eigenvalue weighted by molar-refractivity contribution is 9.10. The Balaban J connectivity index is 2.31. The average molecular weight is 370 g/mol. The van der Waals surface area contributed by atoms with Crippen molar-refractivity contribution in [3.05, 3.63) is 44.6 Å². The normalized spacial score (nSPS) is 13.8. The minimum atomic E-state index is -0.178. The van der Waals surface area contributed by atoms with Gasteiger partial charge >= 0.3 is 0 Å². The van der Waals surface area contributed by atoms with E-state index in [-0.39, 0.29) is 12.1 Å². The molecule has 1 aromatic carbocycles. The lowest BCUT2D eigenvalue weighted by atomic mass is 10.1. The number of hydrogen-bond acceptors (Lipinski definition) is 4. The molecule has 0 fully saturated rings. The zero-order chi connectivity index (χ0) is 15.4. The summed E-state index contributed by atoms with van der Waals surface area (Å²) < 4.78 is 12.6. The molecule has 2 atom stereocenters. The molecule has 2 aromatic rings. The lowest BCUT2D eigenvalue weighted by molar-refractivity contribution is 0.168. The Labute approximate surface area is 138 Å². The molecule has 0 spiro atoms. The standard InChI is InChI=1S/C16H20BrNO2S/c1-4-12(18)16(15-8-11(17)9-21-15)20-13-6-5-10(2)7-14(13)19-3/h5-9,12,16H,4,18H2,1-3H3. The lowest BCUT2D eigenvalue weighted by Gasteiger charge is -2.24. The molecule has 2 N–H and O–H groups in total. The number of aryl methyl sites for hydroxylation is 1. The molecule has 114 valence electrons. The quantitative estimate of drug-likeness (QED) is 0.803. The van der Waals surface area contributed by atoms with Gasteiger partial charge in [0.15, 0.2) is 11.5 Å². The molecule has 0 saturated carbocycles. The van der Waals surface area contributed by atoms with Crippen molar-refractivity contribution in [1.82, 2.24) is 0 Å². The van der Waals surface area contributed by atoms with E-state index in [2.05, 4.69) is 28.9 Å². The number of benzene rings is 1. The Hall–Kier alpha value is -1.04. The van der Waals surface area contributed by atoms with E-state index < -0.39 is 0 Å². The Morgan fingerprint density at radius 3 is 2.62 bits per heavy atom. The number of hydrogen-bond donors (Lipinski definition) is 1. The number of ether oxygens (including phenoxy) is 2. The van der Waals surface area contributed by atoms with Crippen molar-refractivity contribution >= 4 is 27.3 Å². The summed E-state index contributed by atoms with van der Waals surface area (Å²) in [6, 6.07) is 7.91. The van der Waals surface area contributed by atoms with Gasteiger partial charge < -0.3 is 15.2 Å². The van der Waals surface area contributed by atoms with Crippen LogP contribution in [-0.2, 0) is 0 Å². The van der Waals surface area contributed by atoms with E-state index in [1.807, 2.05) is 30.5 Å². The van der Waals surface area contributed by atoms with Crippen molar-refractivity contribution in [2.45, 2.75) is 32.4 Å². The van der Waals surface area contributed by atoms with Gasteiger partial charge in [0, 0.05) is 20.8 Å². The largest absolute Gasteiger partial charge is 0.493 e. The summed E-state index contributed by atoms with van der Waals surface area (Å²) in [6.45, 7) is 4.09. The zero-order valence-corrected chi connectivity index (χ0v) is 14.8. The summed E-state index contributed by atoms with van der Waals surface area (Å²) in [6.07, 6.45) is 0.664. The summed E-state index contributed by atoms with van der Waals surface area (Å²) >= 11 is 5.13. The van der Waals surface area contributed by atoms with Gasteiger partial charge in [-0.15, -0.1) is 11.3 Å². The molecule has 2 rings (SSSR count). The predicted molar refractivity (Wildman–Crippen MR) is 91.4 cm³/mol. The van der Waals surface area contributed by atoms with E-state index in [0.29, 0.717) is 0 Å². The first-order valence-electron chi connectivity index (χ1n) is 6.86. The van der Waals surface area contributed by atoms with Gasteiger partial charge in [0.2, 0.25) is 0 Å². The maximum atomic E-state index is 6.25. The molecule has 0 aliphatic rings. The van der Waals surface area contributed by atoms with Crippen LogP contribution in [-0.4, -0.2) is 13.2 Å². The van der Waals surface area contributed by atoms with Crippen LogP contribution < -0.4 is 15.2 Å². The summed E-state index contributed by atoms with van der Waals surface area (Å²) in [5.74, 6) is 1.46. The van der Waals surface area contributed by atoms with Gasteiger partial charge in [0.25, 0.3) is 0 Å². The molecule has 0 aliphatic heterocycles. The van der Waals surface area contributed by atoms with E-state index in [0.717, 1.165) is 32.8 Å². The highest BCUT2D eigenvalue weighted by Gasteiger charge is 2.23. The summed E-state index contributed by atoms with van der Waals surface area (Å²) in [5.41, 5.74) is 7.39. The van der Waals surface area contributed by atoms with Crippen LogP contribution in [0.2, 0.25) is 0 Å². The van der Waals surface area contributed by atoms with Crippen LogP contribution in [0.4, 0.5) is 0 Å². The summed E-state index contributed by atoms with van der Waals surface area (Å²) in [4.78, 5) is 1.11. The maximum absolute atomic E-state index is 6.25. The highest BCUT2D eigenvalue weighted by atomic mass is 79.9. The summed E-state index contributed by atoms with van der Waals surface area (Å²) in [7, 11) is 1.65. The van der Waals surface area contributed by atoms with Crippen LogP contribution in [0.25, 0.3) is 0 Å². The van der Waals surface area contributed by atoms with Gasteiger partial charge in [-0.1, -0.05) is 13.0 Å². The average Bonchev–Trinajstić information content (AvgIpc) is 2.91. The minimum Gasteiger partial charge on any atom is -0.493 e. The molecule has 1 aromatic heterocycles. The Morgan fingerprint density at radius 2 is 2.05 bits per heavy atom.